The molecule has 2 atom stereocenters. The van der Waals surface area contributed by atoms with Crippen LogP contribution in [0.15, 0.2) is 18.3 Å². The van der Waals surface area contributed by atoms with Crippen LogP contribution in [0, 0.1) is 11.8 Å². The van der Waals surface area contributed by atoms with Crippen LogP contribution in [0.3, 0.4) is 0 Å². The Hall–Kier alpha value is -1.49. The van der Waals surface area contributed by atoms with E-state index >= 15 is 0 Å². The van der Waals surface area contributed by atoms with E-state index in [9.17, 15) is 4.79 Å². The summed E-state index contributed by atoms with van der Waals surface area (Å²) in [5.41, 5.74) is 0.665. The maximum absolute atomic E-state index is 12.1. The van der Waals surface area contributed by atoms with Gasteiger partial charge in [0.25, 0.3) is 0 Å². The number of hydrogen-bond donors (Lipinski definition) is 0. The van der Waals surface area contributed by atoms with Crippen LogP contribution in [0.1, 0.15) is 20.8 Å². The Balaban J connectivity index is 1.58. The number of hydrogen-bond acceptors (Lipinski definition) is 4. The van der Waals surface area contributed by atoms with E-state index < -0.39 is 5.60 Å². The number of likely N-dealkylation sites (tertiary alicyclic amines) is 1. The number of carbonyl (C=O) groups excluding carboxylic acids is 1. The smallest absolute Gasteiger partial charge is 0.410 e. The maximum Gasteiger partial charge on any atom is 0.410 e. The third-order valence-electron chi connectivity index (χ3n) is 4.21. The topological polar surface area (TPSA) is 45.7 Å². The molecule has 120 valence electrons. The van der Waals surface area contributed by atoms with Gasteiger partial charge in [-0.3, -0.25) is 0 Å². The van der Waals surface area contributed by atoms with Gasteiger partial charge in [0.2, 0.25) is 0 Å². The number of ether oxygens (including phenoxy) is 1. The molecule has 0 N–H and O–H groups in total. The molecule has 0 aromatic carbocycles. The molecule has 6 heteroatoms. The van der Waals surface area contributed by atoms with E-state index in [1.54, 1.807) is 0 Å². The van der Waals surface area contributed by atoms with E-state index in [0.717, 1.165) is 31.9 Å². The molecule has 1 amide bonds. The molecule has 0 saturated carbocycles. The quantitative estimate of drug-likeness (QED) is 0.745. The lowest BCUT2D eigenvalue weighted by Gasteiger charge is -2.26. The first kappa shape index (κ1) is 15.4. The third-order valence-corrected chi connectivity index (χ3v) is 4.44. The molecule has 2 saturated heterocycles. The van der Waals surface area contributed by atoms with Gasteiger partial charge in [-0.05, 0) is 32.9 Å². The van der Waals surface area contributed by atoms with Gasteiger partial charge >= 0.3 is 6.09 Å². The number of aromatic nitrogens is 1. The first-order valence-corrected chi connectivity index (χ1v) is 8.04. The summed E-state index contributed by atoms with van der Waals surface area (Å²) in [6.45, 7) is 9.15. The van der Waals surface area contributed by atoms with E-state index in [-0.39, 0.29) is 6.09 Å². The van der Waals surface area contributed by atoms with Crippen molar-refractivity contribution in [2.45, 2.75) is 26.4 Å². The van der Waals surface area contributed by atoms with Gasteiger partial charge in [-0.2, -0.15) is 0 Å². The lowest BCUT2D eigenvalue weighted by atomic mass is 10.0. The lowest BCUT2D eigenvalue weighted by Crippen LogP contribution is -2.37. The van der Waals surface area contributed by atoms with E-state index in [0.29, 0.717) is 17.0 Å². The first-order chi connectivity index (χ1) is 10.3. The molecule has 0 unspecified atom stereocenters. The normalized spacial score (nSPS) is 24.5. The molecule has 2 aliphatic rings. The standard InChI is InChI=1S/C16H22ClN3O2/c1-16(2,3)22-15(21)20-9-11-7-19(8-12(11)10-20)13-4-5-14(17)18-6-13/h4-6,11-12H,7-10H2,1-3H3/t11-,12+. The number of fused-ring (bicyclic) bond motifs is 1. The third kappa shape index (κ3) is 3.29. The van der Waals surface area contributed by atoms with Gasteiger partial charge in [0, 0.05) is 38.0 Å². The average molecular weight is 324 g/mol. The van der Waals surface area contributed by atoms with Crippen molar-refractivity contribution < 1.29 is 9.53 Å². The van der Waals surface area contributed by atoms with Crippen molar-refractivity contribution in [1.29, 1.82) is 0 Å². The molecule has 0 radical (unpaired) electrons. The first-order valence-electron chi connectivity index (χ1n) is 7.66. The Morgan fingerprint density at radius 1 is 1.23 bits per heavy atom. The SMILES string of the molecule is CC(C)(C)OC(=O)N1C[C@@H]2CN(c3ccc(Cl)nc3)C[C@@H]2C1. The van der Waals surface area contributed by atoms with Crippen molar-refractivity contribution in [2.75, 3.05) is 31.1 Å². The Kier molecular flexibility index (Phi) is 3.93. The molecular formula is C16H22ClN3O2. The Morgan fingerprint density at radius 2 is 1.86 bits per heavy atom. The minimum absolute atomic E-state index is 0.193. The number of halogens is 1. The highest BCUT2D eigenvalue weighted by atomic mass is 35.5. The van der Waals surface area contributed by atoms with Crippen molar-refractivity contribution >= 4 is 23.4 Å². The van der Waals surface area contributed by atoms with Crippen LogP contribution < -0.4 is 4.90 Å². The molecule has 3 rings (SSSR count). The molecule has 22 heavy (non-hydrogen) atoms. The van der Waals surface area contributed by atoms with Gasteiger partial charge < -0.3 is 14.5 Å². The van der Waals surface area contributed by atoms with Gasteiger partial charge in [0.05, 0.1) is 11.9 Å². The summed E-state index contributed by atoms with van der Waals surface area (Å²) in [6.07, 6.45) is 1.62. The fraction of sp³-hybridized carbons (Fsp3) is 0.625. The van der Waals surface area contributed by atoms with E-state index in [2.05, 4.69) is 9.88 Å². The Labute approximate surface area is 136 Å². The number of anilines is 1. The number of nitrogens with zero attached hydrogens (tertiary/aromatic N) is 3. The summed E-state index contributed by atoms with van der Waals surface area (Å²) >= 11 is 5.83. The number of carbonyl (C=O) groups is 1. The number of pyridine rings is 1. The van der Waals surface area contributed by atoms with Crippen molar-refractivity contribution in [1.82, 2.24) is 9.88 Å². The molecule has 1 aromatic rings. The monoisotopic (exact) mass is 323 g/mol. The number of rotatable bonds is 1. The van der Waals surface area contributed by atoms with Crippen molar-refractivity contribution in [3.63, 3.8) is 0 Å². The zero-order valence-corrected chi connectivity index (χ0v) is 14.0. The maximum atomic E-state index is 12.1. The lowest BCUT2D eigenvalue weighted by molar-refractivity contribution is 0.0282. The van der Waals surface area contributed by atoms with Crippen molar-refractivity contribution in [3.05, 3.63) is 23.5 Å². The van der Waals surface area contributed by atoms with Gasteiger partial charge in [-0.1, -0.05) is 11.6 Å². The van der Waals surface area contributed by atoms with Crippen LogP contribution in [0.4, 0.5) is 10.5 Å². The van der Waals surface area contributed by atoms with Gasteiger partial charge in [-0.25, -0.2) is 9.78 Å². The van der Waals surface area contributed by atoms with E-state index in [4.69, 9.17) is 16.3 Å². The number of amides is 1. The predicted octanol–water partition coefficient (Wildman–Crippen LogP) is 3.04. The molecule has 2 fully saturated rings. The zero-order chi connectivity index (χ0) is 15.9. The molecule has 1 aromatic heterocycles. The summed E-state index contributed by atoms with van der Waals surface area (Å²) in [5, 5.41) is 0.513. The summed E-state index contributed by atoms with van der Waals surface area (Å²) in [7, 11) is 0. The van der Waals surface area contributed by atoms with Crippen LogP contribution in [-0.2, 0) is 4.74 Å². The molecular weight excluding hydrogens is 302 g/mol. The molecule has 3 heterocycles. The molecule has 0 aliphatic carbocycles. The molecule has 5 nitrogen and oxygen atoms in total. The highest BCUT2D eigenvalue weighted by molar-refractivity contribution is 6.29. The van der Waals surface area contributed by atoms with Crippen LogP contribution >= 0.6 is 11.6 Å². The zero-order valence-electron chi connectivity index (χ0n) is 13.3. The van der Waals surface area contributed by atoms with Crippen molar-refractivity contribution in [2.24, 2.45) is 11.8 Å². The fourth-order valence-corrected chi connectivity index (χ4v) is 3.35. The van der Waals surface area contributed by atoms with Crippen molar-refractivity contribution in [3.8, 4) is 0 Å². The Bertz CT molecular complexity index is 542. The molecule has 2 aliphatic heterocycles. The summed E-state index contributed by atoms with van der Waals surface area (Å²) in [6, 6.07) is 3.82. The summed E-state index contributed by atoms with van der Waals surface area (Å²) < 4.78 is 5.46. The van der Waals surface area contributed by atoms with E-state index in [1.165, 1.54) is 0 Å². The summed E-state index contributed by atoms with van der Waals surface area (Å²) in [4.78, 5) is 20.5. The fourth-order valence-electron chi connectivity index (χ4n) is 3.23. The van der Waals surface area contributed by atoms with Gasteiger partial charge in [0.15, 0.2) is 0 Å². The van der Waals surface area contributed by atoms with Crippen LogP contribution in [0.5, 0.6) is 0 Å². The molecule has 0 spiro atoms. The van der Waals surface area contributed by atoms with Gasteiger partial charge in [-0.15, -0.1) is 0 Å². The minimum Gasteiger partial charge on any atom is -0.444 e. The van der Waals surface area contributed by atoms with Gasteiger partial charge in [0.1, 0.15) is 10.8 Å². The Morgan fingerprint density at radius 3 is 2.36 bits per heavy atom. The molecule has 0 bridgehead atoms. The highest BCUT2D eigenvalue weighted by Crippen LogP contribution is 2.34. The second kappa shape index (κ2) is 5.61. The second-order valence-electron chi connectivity index (χ2n) is 7.15. The second-order valence-corrected chi connectivity index (χ2v) is 7.54. The highest BCUT2D eigenvalue weighted by Gasteiger charge is 2.42. The minimum atomic E-state index is -0.435. The van der Waals surface area contributed by atoms with E-state index in [1.807, 2.05) is 44.0 Å². The largest absolute Gasteiger partial charge is 0.444 e. The van der Waals surface area contributed by atoms with Crippen LogP contribution in [-0.4, -0.2) is 47.8 Å². The predicted molar refractivity (Wildman–Crippen MR) is 86.2 cm³/mol. The van der Waals surface area contributed by atoms with Crippen LogP contribution in [0.2, 0.25) is 5.15 Å². The van der Waals surface area contributed by atoms with Crippen LogP contribution in [0.25, 0.3) is 0 Å². The summed E-state index contributed by atoms with van der Waals surface area (Å²) in [5.74, 6) is 1.01. The average Bonchev–Trinajstić information content (AvgIpc) is 2.95.